The molecule has 1 atom stereocenters. The molecule has 0 bridgehead atoms. The third-order valence-electron chi connectivity index (χ3n) is 3.10. The number of alkyl halides is 3. The molecule has 126 valence electrons. The largest absolute Gasteiger partial charge is 0.405 e. The molecule has 1 unspecified atom stereocenters. The lowest BCUT2D eigenvalue weighted by Crippen LogP contribution is -2.26. The van der Waals surface area contributed by atoms with E-state index in [-0.39, 0.29) is 42.3 Å². The van der Waals surface area contributed by atoms with Gasteiger partial charge in [0.25, 0.3) is 0 Å². The van der Waals surface area contributed by atoms with Gasteiger partial charge < -0.3 is 16.0 Å². The van der Waals surface area contributed by atoms with Gasteiger partial charge in [-0.25, -0.2) is 0 Å². The molecule has 1 aromatic rings. The summed E-state index contributed by atoms with van der Waals surface area (Å²) >= 11 is 0. The monoisotopic (exact) mass is 359 g/mol. The lowest BCUT2D eigenvalue weighted by molar-refractivity contribution is -0.119. The first-order valence-corrected chi connectivity index (χ1v) is 6.37. The van der Waals surface area contributed by atoms with Crippen molar-refractivity contribution in [2.75, 3.05) is 30.3 Å². The Balaban J connectivity index is 0.00000220. The van der Waals surface area contributed by atoms with Crippen molar-refractivity contribution >= 4 is 42.1 Å². The van der Waals surface area contributed by atoms with Crippen molar-refractivity contribution in [3.63, 3.8) is 0 Å². The first-order valence-electron chi connectivity index (χ1n) is 6.37. The van der Waals surface area contributed by atoms with Crippen molar-refractivity contribution in [3.8, 4) is 0 Å². The van der Waals surface area contributed by atoms with Crippen molar-refractivity contribution in [2.24, 2.45) is 5.92 Å². The molecule has 1 aliphatic rings. The Kier molecular flexibility index (Phi) is 8.58. The van der Waals surface area contributed by atoms with Gasteiger partial charge in [0.1, 0.15) is 6.54 Å². The number of rotatable bonds is 4. The highest BCUT2D eigenvalue weighted by Gasteiger charge is 2.27. The predicted molar refractivity (Wildman–Crippen MR) is 85.1 cm³/mol. The first kappa shape index (κ1) is 20.8. The van der Waals surface area contributed by atoms with Gasteiger partial charge in [-0.2, -0.15) is 13.2 Å². The number of amides is 1. The highest BCUT2D eigenvalue weighted by Crippen LogP contribution is 2.24. The minimum absolute atomic E-state index is 0. The van der Waals surface area contributed by atoms with Crippen LogP contribution < -0.4 is 16.0 Å². The van der Waals surface area contributed by atoms with Crippen molar-refractivity contribution in [1.29, 1.82) is 0 Å². The predicted octanol–water partition coefficient (Wildman–Crippen LogP) is 3.05. The second-order valence-electron chi connectivity index (χ2n) is 4.69. The fourth-order valence-corrected chi connectivity index (χ4v) is 2.05. The zero-order valence-electron chi connectivity index (χ0n) is 11.6. The topological polar surface area (TPSA) is 53.2 Å². The SMILES string of the molecule is Cl.Cl.O=C(Nc1ccccc1NCC(F)(F)F)C1CCNC1. The number of halogens is 5. The van der Waals surface area contributed by atoms with Crippen LogP contribution in [0.15, 0.2) is 24.3 Å². The third-order valence-corrected chi connectivity index (χ3v) is 3.10. The molecule has 1 heterocycles. The summed E-state index contributed by atoms with van der Waals surface area (Å²) in [6, 6.07) is 6.38. The third kappa shape index (κ3) is 6.29. The molecule has 0 aliphatic carbocycles. The molecule has 1 aromatic carbocycles. The number of anilines is 2. The lowest BCUT2D eigenvalue weighted by atomic mass is 10.1. The Morgan fingerprint density at radius 2 is 1.86 bits per heavy atom. The van der Waals surface area contributed by atoms with Crippen LogP contribution >= 0.6 is 24.8 Å². The summed E-state index contributed by atoms with van der Waals surface area (Å²) in [6.07, 6.45) is -3.56. The fraction of sp³-hybridized carbons (Fsp3) is 0.462. The van der Waals surface area contributed by atoms with E-state index in [0.717, 1.165) is 13.0 Å². The van der Waals surface area contributed by atoms with Gasteiger partial charge >= 0.3 is 6.18 Å². The van der Waals surface area contributed by atoms with Crippen molar-refractivity contribution < 1.29 is 18.0 Å². The molecule has 1 saturated heterocycles. The summed E-state index contributed by atoms with van der Waals surface area (Å²) in [5, 5.41) is 8.05. The van der Waals surface area contributed by atoms with Crippen LogP contribution in [0, 0.1) is 5.92 Å². The van der Waals surface area contributed by atoms with Crippen molar-refractivity contribution in [2.45, 2.75) is 12.6 Å². The number of carbonyl (C=O) groups is 1. The number of carbonyl (C=O) groups excluding carboxylic acids is 1. The standard InChI is InChI=1S/C13H16F3N3O.2ClH/c14-13(15,16)8-18-10-3-1-2-4-11(10)19-12(20)9-5-6-17-7-9;;/h1-4,9,17-18H,5-8H2,(H,19,20);2*1H. The maximum absolute atomic E-state index is 12.2. The van der Waals surface area contributed by atoms with Crippen molar-refractivity contribution in [3.05, 3.63) is 24.3 Å². The van der Waals surface area contributed by atoms with E-state index in [1.54, 1.807) is 18.2 Å². The van der Waals surface area contributed by atoms with E-state index >= 15 is 0 Å². The summed E-state index contributed by atoms with van der Waals surface area (Å²) in [5.41, 5.74) is 0.637. The number of hydrogen-bond donors (Lipinski definition) is 3. The summed E-state index contributed by atoms with van der Waals surface area (Å²) in [6.45, 7) is 0.251. The Morgan fingerprint density at radius 1 is 1.23 bits per heavy atom. The van der Waals surface area contributed by atoms with Gasteiger partial charge in [0.15, 0.2) is 0 Å². The van der Waals surface area contributed by atoms with E-state index < -0.39 is 12.7 Å². The van der Waals surface area contributed by atoms with E-state index in [0.29, 0.717) is 12.2 Å². The van der Waals surface area contributed by atoms with E-state index in [2.05, 4.69) is 16.0 Å². The molecule has 0 spiro atoms. The average Bonchev–Trinajstić information content (AvgIpc) is 2.90. The van der Waals surface area contributed by atoms with Gasteiger partial charge in [-0.3, -0.25) is 4.79 Å². The average molecular weight is 360 g/mol. The smallest absolute Gasteiger partial charge is 0.375 e. The van der Waals surface area contributed by atoms with Gasteiger partial charge in [-0.1, -0.05) is 12.1 Å². The second-order valence-corrected chi connectivity index (χ2v) is 4.69. The van der Waals surface area contributed by atoms with Crippen LogP contribution in [0.5, 0.6) is 0 Å². The lowest BCUT2D eigenvalue weighted by Gasteiger charge is -2.16. The number of benzene rings is 1. The Morgan fingerprint density at radius 3 is 2.41 bits per heavy atom. The summed E-state index contributed by atoms with van der Waals surface area (Å²) in [7, 11) is 0. The van der Waals surface area contributed by atoms with Gasteiger partial charge in [-0.05, 0) is 25.1 Å². The highest BCUT2D eigenvalue weighted by atomic mass is 35.5. The molecule has 3 N–H and O–H groups in total. The molecular weight excluding hydrogens is 342 g/mol. The minimum atomic E-state index is -4.30. The van der Waals surface area contributed by atoms with E-state index in [1.165, 1.54) is 6.07 Å². The zero-order valence-corrected chi connectivity index (χ0v) is 13.2. The quantitative estimate of drug-likeness (QED) is 0.774. The number of nitrogens with one attached hydrogen (secondary N) is 3. The molecular formula is C13H18Cl2F3N3O. The van der Waals surface area contributed by atoms with Crippen LogP contribution in [0.4, 0.5) is 24.5 Å². The molecule has 0 saturated carbocycles. The normalized spacial score (nSPS) is 17.1. The van der Waals surface area contributed by atoms with Gasteiger partial charge in [0.2, 0.25) is 5.91 Å². The number of hydrogen-bond acceptors (Lipinski definition) is 3. The van der Waals surface area contributed by atoms with Crippen LogP contribution in [0.1, 0.15) is 6.42 Å². The number of para-hydroxylation sites is 2. The first-order chi connectivity index (χ1) is 9.46. The Bertz CT molecular complexity index is 480. The van der Waals surface area contributed by atoms with Crippen LogP contribution in [0.25, 0.3) is 0 Å². The van der Waals surface area contributed by atoms with Crippen molar-refractivity contribution in [1.82, 2.24) is 5.32 Å². The molecule has 0 radical (unpaired) electrons. The molecule has 1 aliphatic heterocycles. The van der Waals surface area contributed by atoms with Crippen LogP contribution in [0.3, 0.4) is 0 Å². The highest BCUT2D eigenvalue weighted by molar-refractivity contribution is 5.96. The van der Waals surface area contributed by atoms with Gasteiger partial charge in [0.05, 0.1) is 17.3 Å². The molecule has 22 heavy (non-hydrogen) atoms. The van der Waals surface area contributed by atoms with E-state index in [4.69, 9.17) is 0 Å². The summed E-state index contributed by atoms with van der Waals surface area (Å²) in [4.78, 5) is 12.0. The fourth-order valence-electron chi connectivity index (χ4n) is 2.05. The maximum Gasteiger partial charge on any atom is 0.405 e. The minimum Gasteiger partial charge on any atom is -0.375 e. The molecule has 1 fully saturated rings. The van der Waals surface area contributed by atoms with Crippen LogP contribution in [0.2, 0.25) is 0 Å². The maximum atomic E-state index is 12.2. The Hall–Kier alpha value is -1.18. The summed E-state index contributed by atoms with van der Waals surface area (Å²) in [5.74, 6) is -0.304. The van der Waals surface area contributed by atoms with E-state index in [1.807, 2.05) is 0 Å². The second kappa shape index (κ2) is 9.07. The molecule has 4 nitrogen and oxygen atoms in total. The van der Waals surface area contributed by atoms with E-state index in [9.17, 15) is 18.0 Å². The molecule has 0 aromatic heterocycles. The molecule has 1 amide bonds. The molecule has 2 rings (SSSR count). The van der Waals surface area contributed by atoms with Gasteiger partial charge in [-0.15, -0.1) is 24.8 Å². The summed E-state index contributed by atoms with van der Waals surface area (Å²) < 4.78 is 36.7. The zero-order chi connectivity index (χ0) is 14.6. The van der Waals surface area contributed by atoms with Crippen LogP contribution in [-0.2, 0) is 4.79 Å². The van der Waals surface area contributed by atoms with Gasteiger partial charge in [0, 0.05) is 6.54 Å². The Labute approximate surface area is 139 Å². The van der Waals surface area contributed by atoms with Crippen LogP contribution in [-0.4, -0.2) is 31.7 Å². The molecule has 9 heteroatoms.